The van der Waals surface area contributed by atoms with E-state index in [4.69, 9.17) is 13.9 Å². The molecule has 0 spiro atoms. The summed E-state index contributed by atoms with van der Waals surface area (Å²) in [5.41, 5.74) is 2.93. The van der Waals surface area contributed by atoms with Crippen molar-refractivity contribution in [2.75, 3.05) is 20.8 Å². The summed E-state index contributed by atoms with van der Waals surface area (Å²) >= 11 is 0. The Bertz CT molecular complexity index is 1150. The second kappa shape index (κ2) is 12.5. The first-order chi connectivity index (χ1) is 16.9. The zero-order valence-electron chi connectivity index (χ0n) is 20.6. The molecule has 0 atom stereocenters. The van der Waals surface area contributed by atoms with Gasteiger partial charge >= 0.3 is 0 Å². The number of amides is 2. The quantitative estimate of drug-likeness (QED) is 0.302. The van der Waals surface area contributed by atoms with E-state index in [1.54, 1.807) is 30.3 Å². The van der Waals surface area contributed by atoms with Crippen molar-refractivity contribution < 1.29 is 23.5 Å². The maximum atomic E-state index is 12.9. The Labute approximate surface area is 206 Å². The Kier molecular flexibility index (Phi) is 9.12. The number of benzene rings is 2. The van der Waals surface area contributed by atoms with Crippen LogP contribution in [0.15, 0.2) is 71.0 Å². The lowest BCUT2D eigenvalue weighted by Gasteiger charge is -2.12. The highest BCUT2D eigenvalue weighted by molar-refractivity contribution is 6.05. The molecule has 0 radical (unpaired) electrons. The van der Waals surface area contributed by atoms with Gasteiger partial charge in [0.15, 0.2) is 11.5 Å². The van der Waals surface area contributed by atoms with Crippen LogP contribution in [0.4, 0.5) is 0 Å². The summed E-state index contributed by atoms with van der Waals surface area (Å²) in [6, 6.07) is 16.8. The summed E-state index contributed by atoms with van der Waals surface area (Å²) in [5, 5.41) is 5.57. The number of carbonyl (C=O) groups is 2. The molecule has 184 valence electrons. The summed E-state index contributed by atoms with van der Waals surface area (Å²) in [5.74, 6) is 1.02. The van der Waals surface area contributed by atoms with E-state index >= 15 is 0 Å². The first-order valence-corrected chi connectivity index (χ1v) is 11.6. The van der Waals surface area contributed by atoms with Crippen LogP contribution in [-0.2, 0) is 11.2 Å². The fraction of sp³-hybridized carbons (Fsp3) is 0.286. The topological polar surface area (TPSA) is 89.8 Å². The number of ether oxygens (including phenoxy) is 2. The van der Waals surface area contributed by atoms with Crippen LogP contribution in [0.5, 0.6) is 11.5 Å². The van der Waals surface area contributed by atoms with Crippen molar-refractivity contribution in [1.29, 1.82) is 0 Å². The Morgan fingerprint density at radius 1 is 1.00 bits per heavy atom. The van der Waals surface area contributed by atoms with Gasteiger partial charge in [0.1, 0.15) is 11.5 Å². The minimum atomic E-state index is -0.454. The first kappa shape index (κ1) is 25.6. The molecule has 2 N–H and O–H groups in total. The van der Waals surface area contributed by atoms with E-state index in [-0.39, 0.29) is 5.70 Å². The number of rotatable bonds is 11. The van der Waals surface area contributed by atoms with Gasteiger partial charge in [0, 0.05) is 18.2 Å². The van der Waals surface area contributed by atoms with Gasteiger partial charge < -0.3 is 24.5 Å². The number of hydrogen-bond acceptors (Lipinski definition) is 5. The normalized spacial score (nSPS) is 11.3. The van der Waals surface area contributed by atoms with Gasteiger partial charge in [-0.15, -0.1) is 0 Å². The van der Waals surface area contributed by atoms with Gasteiger partial charge in [0.25, 0.3) is 11.8 Å². The maximum absolute atomic E-state index is 12.9. The number of furan rings is 1. The van der Waals surface area contributed by atoms with Gasteiger partial charge in [0.05, 0.1) is 20.5 Å². The monoisotopic (exact) mass is 476 g/mol. The van der Waals surface area contributed by atoms with Gasteiger partial charge in [-0.3, -0.25) is 9.59 Å². The lowest BCUT2D eigenvalue weighted by molar-refractivity contribution is -0.117. The highest BCUT2D eigenvalue weighted by Crippen LogP contribution is 2.27. The molecule has 0 unspecified atom stereocenters. The van der Waals surface area contributed by atoms with E-state index < -0.39 is 11.8 Å². The zero-order valence-corrected chi connectivity index (χ0v) is 20.6. The lowest BCUT2D eigenvalue weighted by atomic mass is 10.0. The van der Waals surface area contributed by atoms with Gasteiger partial charge in [-0.1, -0.05) is 38.1 Å². The van der Waals surface area contributed by atoms with Crippen molar-refractivity contribution in [2.24, 2.45) is 0 Å². The number of aryl methyl sites for hydroxylation is 1. The summed E-state index contributed by atoms with van der Waals surface area (Å²) in [6.07, 6.45) is 4.61. The van der Waals surface area contributed by atoms with E-state index in [9.17, 15) is 9.59 Å². The smallest absolute Gasteiger partial charge is 0.267 e. The van der Waals surface area contributed by atoms with Crippen molar-refractivity contribution in [1.82, 2.24) is 10.6 Å². The molecular formula is C28H32N2O5. The number of nitrogens with one attached hydrogen (secondary N) is 2. The molecule has 0 fully saturated rings. The number of methoxy groups -OCH3 is 2. The van der Waals surface area contributed by atoms with E-state index in [2.05, 4.69) is 48.7 Å². The Morgan fingerprint density at radius 3 is 2.37 bits per heavy atom. The fourth-order valence-electron chi connectivity index (χ4n) is 3.50. The molecule has 35 heavy (non-hydrogen) atoms. The SMILES string of the molecule is COc1ccc(C(=O)N/C(=C\c2ccco2)C(=O)NCCCc2ccc(C(C)C)cc2)cc1OC. The molecule has 1 heterocycles. The third-order valence-corrected chi connectivity index (χ3v) is 5.54. The molecule has 0 saturated carbocycles. The molecule has 0 bridgehead atoms. The Balaban J connectivity index is 1.63. The van der Waals surface area contributed by atoms with E-state index in [1.165, 1.54) is 37.7 Å². The van der Waals surface area contributed by atoms with Crippen LogP contribution >= 0.6 is 0 Å². The van der Waals surface area contributed by atoms with Crippen molar-refractivity contribution in [2.45, 2.75) is 32.6 Å². The summed E-state index contributed by atoms with van der Waals surface area (Å²) in [7, 11) is 3.01. The fourth-order valence-corrected chi connectivity index (χ4v) is 3.50. The number of carbonyl (C=O) groups excluding carboxylic acids is 2. The molecule has 0 aliphatic heterocycles. The predicted molar refractivity (Wildman–Crippen MR) is 136 cm³/mol. The molecule has 2 aromatic carbocycles. The molecule has 3 rings (SSSR count). The second-order valence-electron chi connectivity index (χ2n) is 8.35. The first-order valence-electron chi connectivity index (χ1n) is 11.6. The van der Waals surface area contributed by atoms with Crippen LogP contribution < -0.4 is 20.1 Å². The lowest BCUT2D eigenvalue weighted by Crippen LogP contribution is -2.35. The highest BCUT2D eigenvalue weighted by Gasteiger charge is 2.17. The Morgan fingerprint density at radius 2 is 1.74 bits per heavy atom. The molecule has 0 saturated heterocycles. The molecule has 7 heteroatoms. The molecule has 2 amide bonds. The molecule has 0 aliphatic carbocycles. The van der Waals surface area contributed by atoms with Crippen LogP contribution in [0.1, 0.15) is 53.4 Å². The van der Waals surface area contributed by atoms with Crippen LogP contribution in [0.25, 0.3) is 6.08 Å². The van der Waals surface area contributed by atoms with Crippen LogP contribution in [0, 0.1) is 0 Å². The number of hydrogen-bond donors (Lipinski definition) is 2. The molecule has 1 aromatic heterocycles. The predicted octanol–water partition coefficient (Wildman–Crippen LogP) is 4.94. The average molecular weight is 477 g/mol. The van der Waals surface area contributed by atoms with E-state index in [0.717, 1.165) is 12.8 Å². The third kappa shape index (κ3) is 7.24. The molecule has 7 nitrogen and oxygen atoms in total. The van der Waals surface area contributed by atoms with Gasteiger partial charge in [-0.25, -0.2) is 0 Å². The van der Waals surface area contributed by atoms with E-state index in [0.29, 0.717) is 35.3 Å². The molecule has 3 aromatic rings. The van der Waals surface area contributed by atoms with Gasteiger partial charge in [-0.2, -0.15) is 0 Å². The van der Waals surface area contributed by atoms with Crippen LogP contribution in [-0.4, -0.2) is 32.6 Å². The van der Waals surface area contributed by atoms with Crippen LogP contribution in [0.3, 0.4) is 0 Å². The highest BCUT2D eigenvalue weighted by atomic mass is 16.5. The largest absolute Gasteiger partial charge is 0.493 e. The molecule has 0 aliphatic rings. The van der Waals surface area contributed by atoms with Gasteiger partial charge in [-0.05, 0) is 60.2 Å². The van der Waals surface area contributed by atoms with E-state index in [1.807, 2.05) is 0 Å². The summed E-state index contributed by atoms with van der Waals surface area (Å²) < 4.78 is 15.8. The van der Waals surface area contributed by atoms with Crippen LogP contribution in [0.2, 0.25) is 0 Å². The van der Waals surface area contributed by atoms with Crippen molar-refractivity contribution in [3.63, 3.8) is 0 Å². The van der Waals surface area contributed by atoms with Gasteiger partial charge in [0.2, 0.25) is 0 Å². The Hall–Kier alpha value is -4.00. The molecular weight excluding hydrogens is 444 g/mol. The summed E-state index contributed by atoms with van der Waals surface area (Å²) in [4.78, 5) is 25.8. The zero-order chi connectivity index (χ0) is 25.2. The average Bonchev–Trinajstić information content (AvgIpc) is 3.39. The third-order valence-electron chi connectivity index (χ3n) is 5.54. The van der Waals surface area contributed by atoms with Crippen molar-refractivity contribution in [3.8, 4) is 11.5 Å². The standard InChI is InChI=1S/C28H32N2O5/c1-19(2)21-11-9-20(10-12-21)7-5-15-29-28(32)24(18-23-8-6-16-35-23)30-27(31)22-13-14-25(33-3)26(17-22)34-4/h6,8-14,16-19H,5,7,15H2,1-4H3,(H,29,32)(H,30,31)/b24-18-. The minimum Gasteiger partial charge on any atom is -0.493 e. The minimum absolute atomic E-state index is 0.0843. The summed E-state index contributed by atoms with van der Waals surface area (Å²) in [6.45, 7) is 4.80. The maximum Gasteiger partial charge on any atom is 0.267 e. The van der Waals surface area contributed by atoms with Crippen molar-refractivity contribution >= 4 is 17.9 Å². The van der Waals surface area contributed by atoms with Crippen molar-refractivity contribution in [3.05, 3.63) is 89.0 Å². The second-order valence-corrected chi connectivity index (χ2v) is 8.35.